The molecule has 0 bridgehead atoms. The van der Waals surface area contributed by atoms with Crippen molar-refractivity contribution in [2.45, 2.75) is 33.6 Å². The van der Waals surface area contributed by atoms with Gasteiger partial charge in [0.15, 0.2) is 0 Å². The molecule has 1 heterocycles. The second kappa shape index (κ2) is 3.61. The minimum absolute atomic E-state index is 0.552. The van der Waals surface area contributed by atoms with Crippen LogP contribution in [0.2, 0.25) is 0 Å². The molecule has 0 fully saturated rings. The summed E-state index contributed by atoms with van der Waals surface area (Å²) < 4.78 is 0. The summed E-state index contributed by atoms with van der Waals surface area (Å²) >= 11 is 0. The van der Waals surface area contributed by atoms with Crippen molar-refractivity contribution in [2.75, 3.05) is 0 Å². The van der Waals surface area contributed by atoms with Gasteiger partial charge < -0.3 is 0 Å². The number of rotatable bonds is 1. The van der Waals surface area contributed by atoms with E-state index < -0.39 is 0 Å². The third kappa shape index (κ3) is 1.84. The second-order valence-electron chi connectivity index (χ2n) is 4.34. The van der Waals surface area contributed by atoms with Crippen LogP contribution >= 0.6 is 0 Å². The summed E-state index contributed by atoms with van der Waals surface area (Å²) in [6.45, 7) is 8.49. The van der Waals surface area contributed by atoms with Crippen LogP contribution in [0.1, 0.15) is 36.7 Å². The molecule has 1 aromatic heterocycles. The van der Waals surface area contributed by atoms with Crippen molar-refractivity contribution < 1.29 is 0 Å². The van der Waals surface area contributed by atoms with E-state index in [9.17, 15) is 0 Å². The van der Waals surface area contributed by atoms with Crippen LogP contribution in [0.5, 0.6) is 0 Å². The molecular weight excluding hydrogens is 184 g/mol. The Labute approximate surface area is 90.4 Å². The average molecular weight is 200 g/mol. The number of aryl methyl sites for hydroxylation is 2. The van der Waals surface area contributed by atoms with Gasteiger partial charge in [-0.05, 0) is 43.0 Å². The molecule has 2 aromatic rings. The lowest BCUT2D eigenvalue weighted by Crippen LogP contribution is -1.95. The maximum atomic E-state index is 4.43. The molecule has 2 heteroatoms. The van der Waals surface area contributed by atoms with E-state index in [2.05, 4.69) is 42.9 Å². The monoisotopic (exact) mass is 200 g/mol. The molecule has 1 aromatic carbocycles. The molecule has 0 saturated heterocycles. The molecule has 0 aliphatic heterocycles. The highest BCUT2D eigenvalue weighted by Gasteiger charge is 2.06. The fraction of sp³-hybridized carbons (Fsp3) is 0.385. The van der Waals surface area contributed by atoms with Crippen LogP contribution in [0, 0.1) is 13.8 Å². The van der Waals surface area contributed by atoms with Crippen LogP contribution in [-0.4, -0.2) is 9.97 Å². The Balaban J connectivity index is 2.71. The SMILES string of the molecule is Cc1ncc2cc(C(C)C)c(C)cc2n1. The molecule has 0 unspecified atom stereocenters. The normalized spacial score (nSPS) is 11.3. The van der Waals surface area contributed by atoms with E-state index in [-0.39, 0.29) is 0 Å². The molecule has 2 rings (SSSR count). The lowest BCUT2D eigenvalue weighted by atomic mass is 9.96. The number of hydrogen-bond donors (Lipinski definition) is 0. The zero-order valence-corrected chi connectivity index (χ0v) is 9.70. The van der Waals surface area contributed by atoms with Gasteiger partial charge in [0.25, 0.3) is 0 Å². The average Bonchev–Trinajstić information content (AvgIpc) is 2.15. The molecule has 0 atom stereocenters. The van der Waals surface area contributed by atoms with Crippen molar-refractivity contribution in [3.8, 4) is 0 Å². The molecule has 2 nitrogen and oxygen atoms in total. The van der Waals surface area contributed by atoms with Gasteiger partial charge in [0, 0.05) is 11.6 Å². The van der Waals surface area contributed by atoms with E-state index in [1.807, 2.05) is 13.1 Å². The van der Waals surface area contributed by atoms with Gasteiger partial charge >= 0.3 is 0 Å². The lowest BCUT2D eigenvalue weighted by molar-refractivity contribution is 0.858. The predicted molar refractivity (Wildman–Crippen MR) is 63.1 cm³/mol. The minimum atomic E-state index is 0.552. The van der Waals surface area contributed by atoms with Crippen LogP contribution in [0.4, 0.5) is 0 Å². The number of nitrogens with zero attached hydrogens (tertiary/aromatic N) is 2. The van der Waals surface area contributed by atoms with Gasteiger partial charge in [0.2, 0.25) is 0 Å². The van der Waals surface area contributed by atoms with Gasteiger partial charge in [-0.3, -0.25) is 0 Å². The topological polar surface area (TPSA) is 25.8 Å². The first kappa shape index (κ1) is 10.1. The summed E-state index contributed by atoms with van der Waals surface area (Å²) in [5.41, 5.74) is 3.75. The van der Waals surface area contributed by atoms with Crippen LogP contribution in [-0.2, 0) is 0 Å². The zero-order chi connectivity index (χ0) is 11.0. The van der Waals surface area contributed by atoms with Gasteiger partial charge in [-0.1, -0.05) is 13.8 Å². The third-order valence-electron chi connectivity index (χ3n) is 2.71. The maximum Gasteiger partial charge on any atom is 0.125 e. The summed E-state index contributed by atoms with van der Waals surface area (Å²) in [6, 6.07) is 4.36. The van der Waals surface area contributed by atoms with E-state index in [1.165, 1.54) is 11.1 Å². The summed E-state index contributed by atoms with van der Waals surface area (Å²) in [5, 5.41) is 1.13. The van der Waals surface area contributed by atoms with Crippen molar-refractivity contribution in [3.63, 3.8) is 0 Å². The lowest BCUT2D eigenvalue weighted by Gasteiger charge is -2.10. The van der Waals surface area contributed by atoms with Crippen LogP contribution in [0.25, 0.3) is 10.9 Å². The van der Waals surface area contributed by atoms with Crippen molar-refractivity contribution in [1.29, 1.82) is 0 Å². The van der Waals surface area contributed by atoms with E-state index in [1.54, 1.807) is 0 Å². The fourth-order valence-corrected chi connectivity index (χ4v) is 1.92. The van der Waals surface area contributed by atoms with E-state index >= 15 is 0 Å². The van der Waals surface area contributed by atoms with Crippen molar-refractivity contribution in [2.24, 2.45) is 0 Å². The highest BCUT2D eigenvalue weighted by Crippen LogP contribution is 2.23. The summed E-state index contributed by atoms with van der Waals surface area (Å²) in [4.78, 5) is 8.65. The largest absolute Gasteiger partial charge is 0.241 e. The summed E-state index contributed by atoms with van der Waals surface area (Å²) in [5.74, 6) is 1.38. The molecule has 0 radical (unpaired) electrons. The Bertz CT molecular complexity index is 501. The highest BCUT2D eigenvalue weighted by molar-refractivity contribution is 5.79. The summed E-state index contributed by atoms with van der Waals surface area (Å²) in [7, 11) is 0. The van der Waals surface area contributed by atoms with Crippen molar-refractivity contribution >= 4 is 10.9 Å². The minimum Gasteiger partial charge on any atom is -0.241 e. The summed E-state index contributed by atoms with van der Waals surface area (Å²) in [6.07, 6.45) is 1.91. The van der Waals surface area contributed by atoms with Gasteiger partial charge in [-0.25, -0.2) is 9.97 Å². The quantitative estimate of drug-likeness (QED) is 0.705. The molecular formula is C13H16N2. The van der Waals surface area contributed by atoms with Gasteiger partial charge in [0.1, 0.15) is 5.82 Å². The molecule has 0 spiro atoms. The second-order valence-corrected chi connectivity index (χ2v) is 4.34. The molecule has 0 aliphatic carbocycles. The Morgan fingerprint density at radius 1 is 1.13 bits per heavy atom. The molecule has 0 N–H and O–H groups in total. The van der Waals surface area contributed by atoms with E-state index in [0.29, 0.717) is 5.92 Å². The third-order valence-corrected chi connectivity index (χ3v) is 2.71. The standard InChI is InChI=1S/C13H16N2/c1-8(2)12-6-11-7-14-10(4)15-13(11)5-9(12)3/h5-8H,1-4H3. The Hall–Kier alpha value is -1.44. The van der Waals surface area contributed by atoms with Crippen molar-refractivity contribution in [1.82, 2.24) is 9.97 Å². The van der Waals surface area contributed by atoms with Gasteiger partial charge in [0.05, 0.1) is 5.52 Å². The fourth-order valence-electron chi connectivity index (χ4n) is 1.92. The highest BCUT2D eigenvalue weighted by atomic mass is 14.9. The smallest absolute Gasteiger partial charge is 0.125 e. The first-order valence-electron chi connectivity index (χ1n) is 5.32. The number of benzene rings is 1. The maximum absolute atomic E-state index is 4.43. The number of fused-ring (bicyclic) bond motifs is 1. The molecule has 78 valence electrons. The van der Waals surface area contributed by atoms with E-state index in [4.69, 9.17) is 0 Å². The molecule has 15 heavy (non-hydrogen) atoms. The first-order chi connectivity index (χ1) is 7.08. The Kier molecular flexibility index (Phi) is 2.43. The first-order valence-corrected chi connectivity index (χ1v) is 5.32. The van der Waals surface area contributed by atoms with Crippen LogP contribution < -0.4 is 0 Å². The van der Waals surface area contributed by atoms with Crippen molar-refractivity contribution in [3.05, 3.63) is 35.3 Å². The van der Waals surface area contributed by atoms with Gasteiger partial charge in [-0.2, -0.15) is 0 Å². The molecule has 0 aliphatic rings. The molecule has 0 amide bonds. The Morgan fingerprint density at radius 2 is 1.87 bits per heavy atom. The number of aromatic nitrogens is 2. The van der Waals surface area contributed by atoms with Gasteiger partial charge in [-0.15, -0.1) is 0 Å². The molecule has 0 saturated carbocycles. The Morgan fingerprint density at radius 3 is 2.53 bits per heavy atom. The van der Waals surface area contributed by atoms with E-state index in [0.717, 1.165) is 16.7 Å². The zero-order valence-electron chi connectivity index (χ0n) is 9.70. The van der Waals surface area contributed by atoms with Crippen LogP contribution in [0.15, 0.2) is 18.3 Å². The number of hydrogen-bond acceptors (Lipinski definition) is 2. The predicted octanol–water partition coefficient (Wildman–Crippen LogP) is 3.37. The van der Waals surface area contributed by atoms with Crippen LogP contribution in [0.3, 0.4) is 0 Å².